The van der Waals surface area contributed by atoms with Crippen LogP contribution in [0.3, 0.4) is 0 Å². The predicted molar refractivity (Wildman–Crippen MR) is 76.9 cm³/mol. The second-order valence-electron chi connectivity index (χ2n) is 3.95. The molecule has 0 atom stereocenters. The van der Waals surface area contributed by atoms with Crippen LogP contribution in [0.15, 0.2) is 36.0 Å². The fraction of sp³-hybridized carbons (Fsp3) is 0.182. The lowest BCUT2D eigenvalue weighted by Gasteiger charge is -2.12. The minimum absolute atomic E-state index is 0.000901. The summed E-state index contributed by atoms with van der Waals surface area (Å²) in [6, 6.07) is 7.21. The van der Waals surface area contributed by atoms with E-state index in [0.29, 0.717) is 22.2 Å². The average molecular weight is 283 g/mol. The Balaban J connectivity index is 1.97. The molecule has 0 aromatic heterocycles. The molecule has 18 heavy (non-hydrogen) atoms. The molecule has 0 amide bonds. The zero-order valence-electron chi connectivity index (χ0n) is 9.51. The maximum atomic E-state index is 11.3. The largest absolute Gasteiger partial charge is 0.397 e. The van der Waals surface area contributed by atoms with Crippen molar-refractivity contribution in [3.05, 3.63) is 36.0 Å². The molecule has 0 fully saturated rings. The Kier molecular flexibility index (Phi) is 3.53. The SMILES string of the molecule is Nc1ccccc1NC(=S)NC1=CCS(=O)(=O)C1. The molecule has 0 spiro atoms. The zero-order valence-corrected chi connectivity index (χ0v) is 11.1. The van der Waals surface area contributed by atoms with Crippen molar-refractivity contribution in [2.45, 2.75) is 0 Å². The first-order valence-corrected chi connectivity index (χ1v) is 7.51. The number of nitrogens with one attached hydrogen (secondary N) is 2. The third-order valence-corrected chi connectivity index (χ3v) is 4.07. The predicted octanol–water partition coefficient (Wildman–Crippen LogP) is 0.867. The van der Waals surface area contributed by atoms with Gasteiger partial charge in [0.25, 0.3) is 0 Å². The summed E-state index contributed by atoms with van der Waals surface area (Å²) < 4.78 is 22.5. The van der Waals surface area contributed by atoms with Gasteiger partial charge in [-0.1, -0.05) is 12.1 Å². The molecule has 0 saturated heterocycles. The number of hydrogen-bond acceptors (Lipinski definition) is 4. The molecule has 5 nitrogen and oxygen atoms in total. The van der Waals surface area contributed by atoms with Crippen molar-refractivity contribution >= 4 is 38.5 Å². The Morgan fingerprint density at radius 3 is 2.61 bits per heavy atom. The molecular formula is C11H13N3O2S2. The minimum atomic E-state index is -2.99. The summed E-state index contributed by atoms with van der Waals surface area (Å²) in [7, 11) is -2.99. The molecule has 0 radical (unpaired) electrons. The summed E-state index contributed by atoms with van der Waals surface area (Å²) in [5.74, 6) is 0.0600. The van der Waals surface area contributed by atoms with Gasteiger partial charge in [-0.25, -0.2) is 8.42 Å². The van der Waals surface area contributed by atoms with Gasteiger partial charge in [-0.3, -0.25) is 0 Å². The third kappa shape index (κ3) is 3.21. The van der Waals surface area contributed by atoms with Gasteiger partial charge < -0.3 is 16.4 Å². The molecule has 0 saturated carbocycles. The first kappa shape index (κ1) is 12.8. The highest BCUT2D eigenvalue weighted by atomic mass is 32.2. The number of para-hydroxylation sites is 2. The van der Waals surface area contributed by atoms with Gasteiger partial charge >= 0.3 is 0 Å². The van der Waals surface area contributed by atoms with E-state index in [4.69, 9.17) is 18.0 Å². The highest BCUT2D eigenvalue weighted by molar-refractivity contribution is 7.92. The molecule has 1 aliphatic rings. The molecule has 1 aromatic rings. The first-order chi connectivity index (χ1) is 8.46. The van der Waals surface area contributed by atoms with Crippen LogP contribution in [0.1, 0.15) is 0 Å². The van der Waals surface area contributed by atoms with E-state index in [1.807, 2.05) is 12.1 Å². The fourth-order valence-corrected chi connectivity index (χ4v) is 3.06. The highest BCUT2D eigenvalue weighted by Gasteiger charge is 2.20. The summed E-state index contributed by atoms with van der Waals surface area (Å²) in [6.45, 7) is 0. The van der Waals surface area contributed by atoms with Crippen molar-refractivity contribution in [2.24, 2.45) is 0 Å². The Morgan fingerprint density at radius 2 is 2.00 bits per heavy atom. The quantitative estimate of drug-likeness (QED) is 0.552. The van der Waals surface area contributed by atoms with Crippen LogP contribution >= 0.6 is 12.2 Å². The maximum Gasteiger partial charge on any atom is 0.175 e. The molecule has 1 aliphatic heterocycles. The smallest absolute Gasteiger partial charge is 0.175 e. The first-order valence-electron chi connectivity index (χ1n) is 5.28. The number of rotatable bonds is 2. The monoisotopic (exact) mass is 283 g/mol. The number of sulfone groups is 1. The second kappa shape index (κ2) is 4.95. The number of hydrogen-bond donors (Lipinski definition) is 3. The summed E-state index contributed by atoms with van der Waals surface area (Å²) in [5, 5.41) is 6.11. The van der Waals surface area contributed by atoms with E-state index < -0.39 is 9.84 Å². The van der Waals surface area contributed by atoms with E-state index in [9.17, 15) is 8.42 Å². The third-order valence-electron chi connectivity index (χ3n) is 2.44. The topological polar surface area (TPSA) is 84.2 Å². The van der Waals surface area contributed by atoms with Crippen molar-refractivity contribution < 1.29 is 8.42 Å². The van der Waals surface area contributed by atoms with Crippen LogP contribution < -0.4 is 16.4 Å². The van der Waals surface area contributed by atoms with Crippen molar-refractivity contribution in [2.75, 3.05) is 22.6 Å². The van der Waals surface area contributed by atoms with E-state index in [2.05, 4.69) is 10.6 Å². The highest BCUT2D eigenvalue weighted by Crippen LogP contribution is 2.16. The van der Waals surface area contributed by atoms with Crippen LogP contribution in [0.2, 0.25) is 0 Å². The number of benzene rings is 1. The zero-order chi connectivity index (χ0) is 13.2. The van der Waals surface area contributed by atoms with Crippen molar-refractivity contribution in [1.82, 2.24) is 5.32 Å². The van der Waals surface area contributed by atoms with Crippen LogP contribution in [0.25, 0.3) is 0 Å². The van der Waals surface area contributed by atoms with Gasteiger partial charge in [0.1, 0.15) is 0 Å². The molecule has 4 N–H and O–H groups in total. The Morgan fingerprint density at radius 1 is 1.28 bits per heavy atom. The molecule has 1 aromatic carbocycles. The summed E-state index contributed by atoms with van der Waals surface area (Å²) in [4.78, 5) is 0. The van der Waals surface area contributed by atoms with Gasteiger partial charge in [-0.05, 0) is 30.4 Å². The number of nitrogen functional groups attached to an aromatic ring is 1. The van der Waals surface area contributed by atoms with Gasteiger partial charge in [0.05, 0.1) is 22.9 Å². The molecule has 7 heteroatoms. The summed E-state index contributed by atoms with van der Waals surface area (Å²) in [5.41, 5.74) is 7.63. The van der Waals surface area contributed by atoms with Gasteiger partial charge in [0.2, 0.25) is 0 Å². The lowest BCUT2D eigenvalue weighted by Crippen LogP contribution is -2.29. The van der Waals surface area contributed by atoms with E-state index in [0.717, 1.165) is 0 Å². The van der Waals surface area contributed by atoms with E-state index in [-0.39, 0.29) is 11.5 Å². The molecule has 96 valence electrons. The van der Waals surface area contributed by atoms with Crippen molar-refractivity contribution in [3.8, 4) is 0 Å². The van der Waals surface area contributed by atoms with Gasteiger partial charge in [0, 0.05) is 5.70 Å². The van der Waals surface area contributed by atoms with E-state index >= 15 is 0 Å². The van der Waals surface area contributed by atoms with Gasteiger partial charge in [0.15, 0.2) is 14.9 Å². The van der Waals surface area contributed by atoms with Crippen LogP contribution in [0, 0.1) is 0 Å². The Bertz CT molecular complexity index is 608. The molecule has 1 heterocycles. The van der Waals surface area contributed by atoms with E-state index in [1.54, 1.807) is 18.2 Å². The van der Waals surface area contributed by atoms with Crippen LogP contribution in [0.5, 0.6) is 0 Å². The molecule has 0 aliphatic carbocycles. The second-order valence-corrected chi connectivity index (χ2v) is 6.47. The Labute approximate surface area is 111 Å². The summed E-state index contributed by atoms with van der Waals surface area (Å²) in [6.07, 6.45) is 1.62. The van der Waals surface area contributed by atoms with Crippen molar-refractivity contribution in [3.63, 3.8) is 0 Å². The van der Waals surface area contributed by atoms with Crippen LogP contribution in [0.4, 0.5) is 11.4 Å². The lowest BCUT2D eigenvalue weighted by atomic mass is 10.3. The number of nitrogens with two attached hydrogens (primary N) is 1. The molecule has 2 rings (SSSR count). The molecule has 0 bridgehead atoms. The molecular weight excluding hydrogens is 270 g/mol. The standard InChI is InChI=1S/C11H13N3O2S2/c12-9-3-1-2-4-10(9)14-11(17)13-8-5-6-18(15,16)7-8/h1-5H,6-7,12H2,(H2,13,14,17). The number of thiocarbonyl (C=S) groups is 1. The van der Waals surface area contributed by atoms with Crippen molar-refractivity contribution in [1.29, 1.82) is 0 Å². The Hall–Kier alpha value is -1.60. The van der Waals surface area contributed by atoms with Gasteiger partial charge in [-0.2, -0.15) is 0 Å². The van der Waals surface area contributed by atoms with Crippen LogP contribution in [-0.4, -0.2) is 25.0 Å². The van der Waals surface area contributed by atoms with E-state index in [1.165, 1.54) is 0 Å². The maximum absolute atomic E-state index is 11.3. The number of anilines is 2. The normalized spacial score (nSPS) is 17.0. The minimum Gasteiger partial charge on any atom is -0.397 e. The fourth-order valence-electron chi connectivity index (χ4n) is 1.58. The molecule has 0 unspecified atom stereocenters. The summed E-state index contributed by atoms with van der Waals surface area (Å²) >= 11 is 5.09. The van der Waals surface area contributed by atoms with Gasteiger partial charge in [-0.15, -0.1) is 0 Å². The van der Waals surface area contributed by atoms with Crippen LogP contribution in [-0.2, 0) is 9.84 Å². The lowest BCUT2D eigenvalue weighted by molar-refractivity contribution is 0.603. The average Bonchev–Trinajstić information content (AvgIpc) is 2.61.